The molecule has 0 bridgehead atoms. The maximum absolute atomic E-state index is 10.7. The van der Waals surface area contributed by atoms with Crippen LogP contribution >= 0.6 is 0 Å². The number of hydrogen-bond acceptors (Lipinski definition) is 3. The molecule has 1 aliphatic heterocycles. The van der Waals surface area contributed by atoms with Gasteiger partial charge >= 0.3 is 6.09 Å². The third-order valence-corrected chi connectivity index (χ3v) is 2.75. The van der Waals surface area contributed by atoms with E-state index >= 15 is 0 Å². The lowest BCUT2D eigenvalue weighted by molar-refractivity contribution is 0.150. The Kier molecular flexibility index (Phi) is 3.13. The van der Waals surface area contributed by atoms with Crippen LogP contribution in [0.4, 0.5) is 4.79 Å². The number of carboxylic acid groups (broad SMARTS) is 1. The number of aliphatic hydroxyl groups is 1. The quantitative estimate of drug-likeness (QED) is 0.553. The number of likely N-dealkylation sites (tertiary alicyclic amines) is 1. The van der Waals surface area contributed by atoms with Crippen molar-refractivity contribution in [3.8, 4) is 0 Å². The average molecular weight is 200 g/mol. The SMILES string of the molecule is C=CC[C@@]1(N)CN(C(=O)O)CC1CO. The largest absolute Gasteiger partial charge is 0.465 e. The highest BCUT2D eigenvalue weighted by Crippen LogP contribution is 2.28. The van der Waals surface area contributed by atoms with E-state index in [1.54, 1.807) is 6.08 Å². The molecule has 1 heterocycles. The molecule has 14 heavy (non-hydrogen) atoms. The predicted octanol–water partition coefficient (Wildman–Crippen LogP) is -0.138. The van der Waals surface area contributed by atoms with Crippen LogP contribution in [0.3, 0.4) is 0 Å². The van der Waals surface area contributed by atoms with E-state index in [4.69, 9.17) is 15.9 Å². The molecule has 2 atom stereocenters. The highest BCUT2D eigenvalue weighted by atomic mass is 16.4. The van der Waals surface area contributed by atoms with Gasteiger partial charge in [-0.05, 0) is 6.42 Å². The zero-order valence-corrected chi connectivity index (χ0v) is 8.02. The molecule has 5 nitrogen and oxygen atoms in total. The second-order valence-electron chi connectivity index (χ2n) is 3.77. The molecule has 0 aliphatic carbocycles. The Morgan fingerprint density at radius 2 is 2.43 bits per heavy atom. The van der Waals surface area contributed by atoms with Crippen LogP contribution in [0.2, 0.25) is 0 Å². The molecule has 4 N–H and O–H groups in total. The van der Waals surface area contributed by atoms with Crippen molar-refractivity contribution in [2.24, 2.45) is 11.7 Å². The van der Waals surface area contributed by atoms with E-state index < -0.39 is 11.6 Å². The molecule has 0 aromatic rings. The zero-order valence-electron chi connectivity index (χ0n) is 8.02. The fourth-order valence-corrected chi connectivity index (χ4v) is 1.88. The van der Waals surface area contributed by atoms with E-state index in [9.17, 15) is 4.79 Å². The number of nitrogens with two attached hydrogens (primary N) is 1. The molecule has 1 aliphatic rings. The summed E-state index contributed by atoms with van der Waals surface area (Å²) in [6, 6.07) is 0. The summed E-state index contributed by atoms with van der Waals surface area (Å²) in [4.78, 5) is 12.0. The van der Waals surface area contributed by atoms with Gasteiger partial charge in [0, 0.05) is 31.2 Å². The number of rotatable bonds is 3. The minimum atomic E-state index is -0.986. The lowest BCUT2D eigenvalue weighted by atomic mass is 9.86. The van der Waals surface area contributed by atoms with Crippen LogP contribution in [0, 0.1) is 5.92 Å². The minimum Gasteiger partial charge on any atom is -0.465 e. The van der Waals surface area contributed by atoms with Crippen molar-refractivity contribution in [2.75, 3.05) is 19.7 Å². The Balaban J connectivity index is 2.75. The van der Waals surface area contributed by atoms with Crippen molar-refractivity contribution in [1.82, 2.24) is 4.90 Å². The number of hydrogen-bond donors (Lipinski definition) is 3. The molecule has 0 aromatic carbocycles. The maximum atomic E-state index is 10.7. The predicted molar refractivity (Wildman–Crippen MR) is 51.9 cm³/mol. The van der Waals surface area contributed by atoms with E-state index in [1.807, 2.05) is 0 Å². The Morgan fingerprint density at radius 1 is 1.79 bits per heavy atom. The van der Waals surface area contributed by atoms with Crippen LogP contribution in [0.25, 0.3) is 0 Å². The van der Waals surface area contributed by atoms with Gasteiger partial charge in [0.25, 0.3) is 0 Å². The number of carbonyl (C=O) groups is 1. The molecule has 1 fully saturated rings. The Labute approximate surface area is 82.8 Å². The molecule has 1 amide bonds. The molecule has 0 saturated carbocycles. The van der Waals surface area contributed by atoms with Crippen molar-refractivity contribution in [2.45, 2.75) is 12.0 Å². The number of nitrogens with zero attached hydrogens (tertiary/aromatic N) is 1. The second-order valence-corrected chi connectivity index (χ2v) is 3.77. The average Bonchev–Trinajstić information content (AvgIpc) is 2.43. The Hall–Kier alpha value is -1.07. The van der Waals surface area contributed by atoms with Gasteiger partial charge in [-0.25, -0.2) is 4.79 Å². The van der Waals surface area contributed by atoms with Gasteiger partial charge in [0.05, 0.1) is 0 Å². The molecule has 1 rings (SSSR count). The lowest BCUT2D eigenvalue weighted by Gasteiger charge is -2.27. The summed E-state index contributed by atoms with van der Waals surface area (Å²) in [6.07, 6.45) is 1.19. The van der Waals surface area contributed by atoms with Gasteiger partial charge in [-0.1, -0.05) is 6.08 Å². The Morgan fingerprint density at radius 3 is 2.86 bits per heavy atom. The minimum absolute atomic E-state index is 0.0892. The fraction of sp³-hybridized carbons (Fsp3) is 0.667. The molecule has 1 unspecified atom stereocenters. The van der Waals surface area contributed by atoms with Gasteiger partial charge < -0.3 is 20.8 Å². The van der Waals surface area contributed by atoms with Crippen LogP contribution in [0.1, 0.15) is 6.42 Å². The van der Waals surface area contributed by atoms with Gasteiger partial charge in [0.2, 0.25) is 0 Å². The second kappa shape index (κ2) is 3.98. The van der Waals surface area contributed by atoms with E-state index in [2.05, 4.69) is 6.58 Å². The van der Waals surface area contributed by atoms with E-state index in [0.29, 0.717) is 13.0 Å². The summed E-state index contributed by atoms with van der Waals surface area (Å²) in [7, 11) is 0. The standard InChI is InChI=1S/C9H16N2O3/c1-2-3-9(10)6-11(8(13)14)4-7(9)5-12/h2,7,12H,1,3-6,10H2,(H,13,14)/t7?,9-/m1/s1. The normalized spacial score (nSPS) is 31.9. The third kappa shape index (κ3) is 1.88. The van der Waals surface area contributed by atoms with Crippen molar-refractivity contribution in [1.29, 1.82) is 0 Å². The highest BCUT2D eigenvalue weighted by molar-refractivity contribution is 5.65. The molecule has 80 valence electrons. The summed E-state index contributed by atoms with van der Waals surface area (Å²) in [6.45, 7) is 4.06. The van der Waals surface area contributed by atoms with Crippen molar-refractivity contribution < 1.29 is 15.0 Å². The highest BCUT2D eigenvalue weighted by Gasteiger charge is 2.44. The van der Waals surface area contributed by atoms with Crippen molar-refractivity contribution >= 4 is 6.09 Å². The van der Waals surface area contributed by atoms with E-state index in [1.165, 1.54) is 4.90 Å². The van der Waals surface area contributed by atoms with Gasteiger partial charge in [0.1, 0.15) is 0 Å². The monoisotopic (exact) mass is 200 g/mol. The number of amides is 1. The molecular formula is C9H16N2O3. The Bertz CT molecular complexity index is 244. The fourth-order valence-electron chi connectivity index (χ4n) is 1.88. The van der Waals surface area contributed by atoms with Crippen LogP contribution in [-0.2, 0) is 0 Å². The van der Waals surface area contributed by atoms with Crippen LogP contribution < -0.4 is 5.73 Å². The first-order valence-electron chi connectivity index (χ1n) is 4.52. The molecule has 5 heteroatoms. The van der Waals surface area contributed by atoms with E-state index in [0.717, 1.165) is 0 Å². The molecule has 0 spiro atoms. The van der Waals surface area contributed by atoms with Crippen LogP contribution in [-0.4, -0.2) is 46.4 Å². The topological polar surface area (TPSA) is 86.8 Å². The zero-order chi connectivity index (χ0) is 10.8. The van der Waals surface area contributed by atoms with Crippen molar-refractivity contribution in [3.63, 3.8) is 0 Å². The number of aliphatic hydroxyl groups excluding tert-OH is 1. The summed E-state index contributed by atoms with van der Waals surface area (Å²) in [5.74, 6) is -0.198. The van der Waals surface area contributed by atoms with Crippen LogP contribution in [0.5, 0.6) is 0 Å². The van der Waals surface area contributed by atoms with Gasteiger partial charge in [-0.15, -0.1) is 6.58 Å². The first-order valence-corrected chi connectivity index (χ1v) is 4.52. The van der Waals surface area contributed by atoms with Gasteiger partial charge in [0.15, 0.2) is 0 Å². The summed E-state index contributed by atoms with van der Waals surface area (Å²) in [5, 5.41) is 17.9. The summed E-state index contributed by atoms with van der Waals surface area (Å²) < 4.78 is 0. The first kappa shape index (κ1) is 11.0. The third-order valence-electron chi connectivity index (χ3n) is 2.75. The van der Waals surface area contributed by atoms with Gasteiger partial charge in [-0.2, -0.15) is 0 Å². The lowest BCUT2D eigenvalue weighted by Crippen LogP contribution is -2.48. The smallest absolute Gasteiger partial charge is 0.407 e. The van der Waals surface area contributed by atoms with Crippen molar-refractivity contribution in [3.05, 3.63) is 12.7 Å². The van der Waals surface area contributed by atoms with Crippen LogP contribution in [0.15, 0.2) is 12.7 Å². The van der Waals surface area contributed by atoms with Gasteiger partial charge in [-0.3, -0.25) is 0 Å². The molecule has 0 radical (unpaired) electrons. The summed E-state index contributed by atoms with van der Waals surface area (Å²) >= 11 is 0. The molecular weight excluding hydrogens is 184 g/mol. The molecule has 1 saturated heterocycles. The maximum Gasteiger partial charge on any atom is 0.407 e. The van der Waals surface area contributed by atoms with E-state index in [-0.39, 0.29) is 19.1 Å². The summed E-state index contributed by atoms with van der Waals surface area (Å²) in [5.41, 5.74) is 5.36. The first-order chi connectivity index (χ1) is 6.53. The molecule has 0 aromatic heterocycles.